The smallest absolute Gasteiger partial charge is 0.726 e. The fraction of sp³-hybridized carbons (Fsp3) is 0.250. The summed E-state index contributed by atoms with van der Waals surface area (Å²) in [6.07, 6.45) is 0.288. The van der Waals surface area contributed by atoms with Crippen molar-refractivity contribution in [2.45, 2.75) is 13.3 Å². The average molecular weight is 388 g/mol. The van der Waals surface area contributed by atoms with Crippen molar-refractivity contribution >= 4 is 21.8 Å². The number of aryl methyl sites for hydroxylation is 1. The van der Waals surface area contributed by atoms with Gasteiger partial charge >= 0.3 is 51.4 Å². The summed E-state index contributed by atoms with van der Waals surface area (Å²) in [4.78, 5) is 0. The van der Waals surface area contributed by atoms with Crippen LogP contribution in [0.5, 0.6) is 5.75 Å². The molecule has 2 aromatic rings. The third kappa shape index (κ3) is 9.57. The van der Waals surface area contributed by atoms with Gasteiger partial charge in [0.1, 0.15) is 5.75 Å². The molecule has 0 amide bonds. The zero-order valence-electron chi connectivity index (χ0n) is 14.1. The molecule has 9 heteroatoms. The fourth-order valence-electron chi connectivity index (χ4n) is 1.75. The minimum absolute atomic E-state index is 0. The maximum Gasteiger partial charge on any atom is 1.00 e. The van der Waals surface area contributed by atoms with Crippen LogP contribution in [0.2, 0.25) is 0 Å². The number of nitrogens with zero attached hydrogens (tertiary/aromatic N) is 2. The third-order valence-electron chi connectivity index (χ3n) is 2.94. The van der Waals surface area contributed by atoms with Crippen LogP contribution in [0.25, 0.3) is 0 Å². The molecule has 0 N–H and O–H groups in total. The number of benzene rings is 2. The first-order chi connectivity index (χ1) is 11.4. The molecular weight excluding hydrogens is 371 g/mol. The Bertz CT molecular complexity index is 777. The normalized spacial score (nSPS) is 11.3. The molecule has 0 fully saturated rings. The molecular formula is C16H17KN2O5S. The summed E-state index contributed by atoms with van der Waals surface area (Å²) in [7, 11) is -4.63. The van der Waals surface area contributed by atoms with Crippen LogP contribution in [0.4, 0.5) is 11.4 Å². The van der Waals surface area contributed by atoms with Crippen molar-refractivity contribution in [2.24, 2.45) is 10.2 Å². The van der Waals surface area contributed by atoms with Crippen molar-refractivity contribution in [1.29, 1.82) is 0 Å². The van der Waals surface area contributed by atoms with Crippen LogP contribution in [0.3, 0.4) is 0 Å². The molecule has 2 rings (SSSR count). The van der Waals surface area contributed by atoms with Gasteiger partial charge in [0.2, 0.25) is 10.4 Å². The molecule has 0 bridgehead atoms. The van der Waals surface area contributed by atoms with Crippen LogP contribution < -0.4 is 56.1 Å². The molecule has 0 unspecified atom stereocenters. The number of ether oxygens (including phenoxy) is 1. The molecule has 0 spiro atoms. The van der Waals surface area contributed by atoms with Gasteiger partial charge in [-0.15, -0.1) is 0 Å². The largest absolute Gasteiger partial charge is 1.00 e. The number of hydrogen-bond acceptors (Lipinski definition) is 7. The zero-order valence-corrected chi connectivity index (χ0v) is 18.0. The number of rotatable bonds is 8. The van der Waals surface area contributed by atoms with E-state index in [0.29, 0.717) is 11.4 Å². The minimum atomic E-state index is -4.63. The van der Waals surface area contributed by atoms with E-state index in [1.54, 1.807) is 24.3 Å². The summed E-state index contributed by atoms with van der Waals surface area (Å²) in [5.41, 5.74) is 2.62. The second-order valence-electron chi connectivity index (χ2n) is 4.96. The number of hydrogen-bond donors (Lipinski definition) is 0. The Kier molecular flexibility index (Phi) is 9.98. The first-order valence-electron chi connectivity index (χ1n) is 7.24. The molecule has 0 heterocycles. The molecule has 0 aliphatic heterocycles. The van der Waals surface area contributed by atoms with E-state index in [-0.39, 0.29) is 71.0 Å². The minimum Gasteiger partial charge on any atom is -0.726 e. The molecule has 2 aromatic carbocycles. The van der Waals surface area contributed by atoms with Gasteiger partial charge < -0.3 is 9.29 Å². The van der Waals surface area contributed by atoms with E-state index >= 15 is 0 Å². The second kappa shape index (κ2) is 11.1. The van der Waals surface area contributed by atoms with Crippen LogP contribution in [-0.2, 0) is 14.6 Å². The van der Waals surface area contributed by atoms with E-state index < -0.39 is 10.4 Å². The van der Waals surface area contributed by atoms with E-state index in [1.165, 1.54) is 0 Å². The fourth-order valence-corrected chi connectivity index (χ4v) is 2.07. The van der Waals surface area contributed by atoms with Crippen LogP contribution in [0, 0.1) is 6.92 Å². The number of azo groups is 1. The van der Waals surface area contributed by atoms with Crippen LogP contribution in [0.15, 0.2) is 58.8 Å². The van der Waals surface area contributed by atoms with Gasteiger partial charge in [-0.05, 0) is 43.3 Å². The molecule has 0 aromatic heterocycles. The first kappa shape index (κ1) is 22.4. The molecule has 128 valence electrons. The van der Waals surface area contributed by atoms with E-state index in [2.05, 4.69) is 14.4 Å². The Morgan fingerprint density at radius 3 is 1.96 bits per heavy atom. The Labute approximate surface area is 189 Å². The van der Waals surface area contributed by atoms with E-state index in [9.17, 15) is 13.0 Å². The van der Waals surface area contributed by atoms with Gasteiger partial charge in [0.05, 0.1) is 24.6 Å². The van der Waals surface area contributed by atoms with Crippen molar-refractivity contribution in [1.82, 2.24) is 0 Å². The van der Waals surface area contributed by atoms with Gasteiger partial charge in [0.25, 0.3) is 0 Å². The van der Waals surface area contributed by atoms with Crippen molar-refractivity contribution < 1.29 is 73.3 Å². The molecule has 25 heavy (non-hydrogen) atoms. The van der Waals surface area contributed by atoms with E-state index in [4.69, 9.17) is 4.74 Å². The van der Waals surface area contributed by atoms with Gasteiger partial charge in [-0.3, -0.25) is 4.18 Å². The molecule has 0 aliphatic carbocycles. The van der Waals surface area contributed by atoms with Crippen molar-refractivity contribution in [3.63, 3.8) is 0 Å². The molecule has 0 saturated heterocycles. The molecule has 0 saturated carbocycles. The van der Waals surface area contributed by atoms with Gasteiger partial charge in [0, 0.05) is 6.42 Å². The van der Waals surface area contributed by atoms with Crippen LogP contribution in [0.1, 0.15) is 12.0 Å². The Morgan fingerprint density at radius 1 is 0.920 bits per heavy atom. The maximum absolute atomic E-state index is 10.2. The second-order valence-corrected chi connectivity index (χ2v) is 6.01. The standard InChI is InChI=1S/C16H18N2O5S.K/c1-13-3-5-14(6-4-13)17-18-15-7-9-16(10-8-15)22-11-2-12-23-24(19,20)21;/h3-10H,2,11-12H2,1H3,(H,19,20,21);/q;+1/p-1. The summed E-state index contributed by atoms with van der Waals surface area (Å²) in [6.45, 7) is 2.04. The Hall–Kier alpha value is -0.654. The van der Waals surface area contributed by atoms with Gasteiger partial charge in [-0.1, -0.05) is 17.7 Å². The molecule has 0 radical (unpaired) electrons. The summed E-state index contributed by atoms with van der Waals surface area (Å²) in [6, 6.07) is 14.7. The van der Waals surface area contributed by atoms with Crippen LogP contribution in [-0.4, -0.2) is 26.2 Å². The van der Waals surface area contributed by atoms with Gasteiger partial charge in [0.15, 0.2) is 0 Å². The quantitative estimate of drug-likeness (QED) is 0.217. The first-order valence-corrected chi connectivity index (χ1v) is 8.57. The maximum atomic E-state index is 10.2. The van der Waals surface area contributed by atoms with Crippen molar-refractivity contribution in [3.8, 4) is 5.75 Å². The Morgan fingerprint density at radius 2 is 1.44 bits per heavy atom. The summed E-state index contributed by atoms with van der Waals surface area (Å²) in [5, 5.41) is 8.27. The molecule has 0 atom stereocenters. The predicted molar refractivity (Wildman–Crippen MR) is 87.6 cm³/mol. The van der Waals surface area contributed by atoms with E-state index in [1.807, 2.05) is 31.2 Å². The SMILES string of the molecule is Cc1ccc(N=Nc2ccc(OCCCOS(=O)(=O)[O-])cc2)cc1.[K+]. The third-order valence-corrected chi connectivity index (χ3v) is 3.39. The van der Waals surface area contributed by atoms with Gasteiger partial charge in [-0.25, -0.2) is 8.42 Å². The van der Waals surface area contributed by atoms with E-state index in [0.717, 1.165) is 11.3 Å². The predicted octanol–water partition coefficient (Wildman–Crippen LogP) is 0.660. The molecule has 0 aliphatic rings. The monoisotopic (exact) mass is 388 g/mol. The summed E-state index contributed by atoms with van der Waals surface area (Å²) >= 11 is 0. The van der Waals surface area contributed by atoms with Gasteiger partial charge in [-0.2, -0.15) is 10.2 Å². The molecule has 7 nitrogen and oxygen atoms in total. The summed E-state index contributed by atoms with van der Waals surface area (Å²) in [5.74, 6) is 0.606. The topological polar surface area (TPSA) is 100 Å². The van der Waals surface area contributed by atoms with Crippen molar-refractivity contribution in [3.05, 3.63) is 54.1 Å². The Balaban J connectivity index is 0.00000312. The van der Waals surface area contributed by atoms with Crippen molar-refractivity contribution in [2.75, 3.05) is 13.2 Å². The average Bonchev–Trinajstić information content (AvgIpc) is 2.54. The summed E-state index contributed by atoms with van der Waals surface area (Å²) < 4.78 is 40.2. The zero-order chi connectivity index (χ0) is 17.4. The van der Waals surface area contributed by atoms with Crippen LogP contribution >= 0.6 is 0 Å².